The van der Waals surface area contributed by atoms with Crippen LogP contribution in [0.4, 0.5) is 0 Å². The van der Waals surface area contributed by atoms with E-state index in [9.17, 15) is 4.79 Å². The number of hydrogen-bond donors (Lipinski definition) is 0. The summed E-state index contributed by atoms with van der Waals surface area (Å²) < 4.78 is 4.99. The van der Waals surface area contributed by atoms with Crippen LogP contribution in [0.25, 0.3) is 6.08 Å². The number of carbonyl (C=O) groups is 1. The monoisotopic (exact) mass is 252 g/mol. The van der Waals surface area contributed by atoms with Crippen molar-refractivity contribution in [2.75, 3.05) is 0 Å². The van der Waals surface area contributed by atoms with Gasteiger partial charge in [-0.25, -0.2) is 14.8 Å². The van der Waals surface area contributed by atoms with E-state index in [-0.39, 0.29) is 6.02 Å². The van der Waals surface area contributed by atoms with Crippen LogP contribution in [0.2, 0.25) is 0 Å². The number of carbonyl (C=O) groups excluding carboxylic acids is 1. The molecule has 0 atom stereocenters. The summed E-state index contributed by atoms with van der Waals surface area (Å²) >= 11 is 0. The van der Waals surface area contributed by atoms with Crippen molar-refractivity contribution >= 4 is 24.3 Å². The van der Waals surface area contributed by atoms with Gasteiger partial charge in [0.25, 0.3) is 0 Å². The summed E-state index contributed by atoms with van der Waals surface area (Å²) in [6.45, 7) is 0. The Labute approximate surface area is 111 Å². The molecule has 2 rings (SSSR count). The van der Waals surface area contributed by atoms with Crippen molar-refractivity contribution < 1.29 is 9.53 Å². The minimum absolute atomic E-state index is 0.0170. The maximum absolute atomic E-state index is 11.6. The SMILES string of the molecule is O=C(C=Cc1ccccc1)OC1=NC=CC=CC=N1. The molecule has 0 aromatic heterocycles. The Bertz CT molecular complexity index is 581. The second-order valence-electron chi connectivity index (χ2n) is 3.58. The van der Waals surface area contributed by atoms with Crippen LogP contribution in [-0.4, -0.2) is 18.2 Å². The second kappa shape index (κ2) is 6.86. The number of ether oxygens (including phenoxy) is 1. The number of amidine groups is 1. The Hall–Kier alpha value is -2.75. The maximum atomic E-state index is 11.6. The zero-order valence-electron chi connectivity index (χ0n) is 10.1. The number of aliphatic imine (C=N–C) groups is 2. The van der Waals surface area contributed by atoms with Gasteiger partial charge < -0.3 is 4.74 Å². The Kier molecular flexibility index (Phi) is 4.58. The molecule has 1 aliphatic heterocycles. The van der Waals surface area contributed by atoms with Crippen LogP contribution in [0, 0.1) is 0 Å². The second-order valence-corrected chi connectivity index (χ2v) is 3.58. The fourth-order valence-corrected chi connectivity index (χ4v) is 1.32. The Morgan fingerprint density at radius 2 is 1.95 bits per heavy atom. The van der Waals surface area contributed by atoms with Gasteiger partial charge in [-0.05, 0) is 23.8 Å². The van der Waals surface area contributed by atoms with Crippen LogP contribution in [0.1, 0.15) is 5.56 Å². The van der Waals surface area contributed by atoms with Crippen LogP contribution in [0.3, 0.4) is 0 Å². The van der Waals surface area contributed by atoms with Crippen LogP contribution in [0.5, 0.6) is 0 Å². The minimum Gasteiger partial charge on any atom is -0.388 e. The molecule has 1 aliphatic rings. The fourth-order valence-electron chi connectivity index (χ4n) is 1.32. The number of hydrogen-bond acceptors (Lipinski definition) is 4. The number of nitrogens with zero attached hydrogens (tertiary/aromatic N) is 2. The van der Waals surface area contributed by atoms with Crippen LogP contribution >= 0.6 is 0 Å². The highest BCUT2D eigenvalue weighted by atomic mass is 16.6. The zero-order valence-corrected chi connectivity index (χ0v) is 10.1. The molecule has 4 heteroatoms. The number of esters is 1. The molecule has 1 aromatic rings. The molecule has 0 saturated carbocycles. The summed E-state index contributed by atoms with van der Waals surface area (Å²) in [6, 6.07) is 9.50. The zero-order chi connectivity index (χ0) is 13.3. The van der Waals surface area contributed by atoms with Crippen molar-refractivity contribution in [2.45, 2.75) is 0 Å². The van der Waals surface area contributed by atoms with Gasteiger partial charge in [-0.2, -0.15) is 0 Å². The summed E-state index contributed by atoms with van der Waals surface area (Å²) in [4.78, 5) is 19.4. The van der Waals surface area contributed by atoms with E-state index in [2.05, 4.69) is 9.98 Å². The van der Waals surface area contributed by atoms with E-state index in [1.54, 1.807) is 24.3 Å². The standard InChI is InChI=1S/C15H12N2O2/c18-14(10-9-13-7-3-1-4-8-13)19-15-16-11-5-2-6-12-17-15/h1-12H. The summed E-state index contributed by atoms with van der Waals surface area (Å²) in [5.41, 5.74) is 0.922. The first-order valence-corrected chi connectivity index (χ1v) is 5.73. The maximum Gasteiger partial charge on any atom is 0.338 e. The van der Waals surface area contributed by atoms with Gasteiger partial charge in [0.05, 0.1) is 0 Å². The molecule has 0 bridgehead atoms. The molecular formula is C15H12N2O2. The lowest BCUT2D eigenvalue weighted by Gasteiger charge is -1.99. The molecule has 0 radical (unpaired) electrons. The van der Waals surface area contributed by atoms with E-state index in [0.717, 1.165) is 5.56 Å². The van der Waals surface area contributed by atoms with Gasteiger partial charge in [-0.1, -0.05) is 36.4 Å². The normalized spacial score (nSPS) is 14.0. The summed E-state index contributed by atoms with van der Waals surface area (Å²) in [7, 11) is 0. The number of benzene rings is 1. The van der Waals surface area contributed by atoms with Crippen LogP contribution in [-0.2, 0) is 9.53 Å². The third-order valence-corrected chi connectivity index (χ3v) is 2.17. The lowest BCUT2D eigenvalue weighted by atomic mass is 10.2. The lowest BCUT2D eigenvalue weighted by Crippen LogP contribution is -2.08. The Morgan fingerprint density at radius 1 is 1.11 bits per heavy atom. The highest BCUT2D eigenvalue weighted by Crippen LogP contribution is 2.01. The average Bonchev–Trinajstić information content (AvgIpc) is 2.41. The average molecular weight is 252 g/mol. The van der Waals surface area contributed by atoms with E-state index < -0.39 is 5.97 Å². The summed E-state index contributed by atoms with van der Waals surface area (Å²) in [5, 5.41) is 0. The number of allylic oxidation sites excluding steroid dienone is 3. The van der Waals surface area contributed by atoms with Gasteiger partial charge in [0.2, 0.25) is 0 Å². The van der Waals surface area contributed by atoms with Gasteiger partial charge in [0.1, 0.15) is 0 Å². The molecule has 0 spiro atoms. The summed E-state index contributed by atoms with van der Waals surface area (Å²) in [6.07, 6.45) is 11.3. The predicted octanol–water partition coefficient (Wildman–Crippen LogP) is 2.75. The molecule has 0 amide bonds. The number of rotatable bonds is 2. The van der Waals surface area contributed by atoms with Gasteiger partial charge in [0, 0.05) is 18.5 Å². The topological polar surface area (TPSA) is 51.0 Å². The third kappa shape index (κ3) is 4.55. The molecular weight excluding hydrogens is 240 g/mol. The van der Waals surface area contributed by atoms with Crippen molar-refractivity contribution in [2.24, 2.45) is 9.98 Å². The molecule has 0 fully saturated rings. The van der Waals surface area contributed by atoms with E-state index in [4.69, 9.17) is 4.74 Å². The highest BCUT2D eigenvalue weighted by Gasteiger charge is 2.03. The van der Waals surface area contributed by atoms with E-state index in [1.165, 1.54) is 18.5 Å². The fraction of sp³-hybridized carbons (Fsp3) is 0. The molecule has 0 saturated heterocycles. The van der Waals surface area contributed by atoms with Gasteiger partial charge in [0.15, 0.2) is 0 Å². The van der Waals surface area contributed by atoms with E-state index in [0.29, 0.717) is 0 Å². The van der Waals surface area contributed by atoms with Crippen molar-refractivity contribution in [3.63, 3.8) is 0 Å². The molecule has 94 valence electrons. The first kappa shape index (κ1) is 12.7. The predicted molar refractivity (Wildman–Crippen MR) is 75.8 cm³/mol. The molecule has 0 N–H and O–H groups in total. The van der Waals surface area contributed by atoms with Crippen LogP contribution < -0.4 is 0 Å². The molecule has 1 heterocycles. The molecule has 0 aliphatic carbocycles. The van der Waals surface area contributed by atoms with Crippen molar-refractivity contribution in [1.29, 1.82) is 0 Å². The first-order chi connectivity index (χ1) is 9.34. The van der Waals surface area contributed by atoms with Gasteiger partial charge >= 0.3 is 12.0 Å². The Morgan fingerprint density at radius 3 is 2.79 bits per heavy atom. The molecule has 0 unspecified atom stereocenters. The van der Waals surface area contributed by atoms with Crippen molar-refractivity contribution in [1.82, 2.24) is 0 Å². The largest absolute Gasteiger partial charge is 0.388 e. The highest BCUT2D eigenvalue weighted by molar-refractivity contribution is 5.99. The van der Waals surface area contributed by atoms with E-state index >= 15 is 0 Å². The minimum atomic E-state index is -0.516. The Balaban J connectivity index is 1.96. The van der Waals surface area contributed by atoms with Gasteiger partial charge in [-0.3, -0.25) is 0 Å². The molecule has 4 nitrogen and oxygen atoms in total. The van der Waals surface area contributed by atoms with Crippen LogP contribution in [0.15, 0.2) is 70.8 Å². The molecule has 19 heavy (non-hydrogen) atoms. The smallest absolute Gasteiger partial charge is 0.338 e. The van der Waals surface area contributed by atoms with E-state index in [1.807, 2.05) is 30.3 Å². The first-order valence-electron chi connectivity index (χ1n) is 5.73. The quantitative estimate of drug-likeness (QED) is 0.600. The summed E-state index contributed by atoms with van der Waals surface area (Å²) in [5.74, 6) is -0.516. The van der Waals surface area contributed by atoms with Crippen molar-refractivity contribution in [3.05, 3.63) is 66.4 Å². The third-order valence-electron chi connectivity index (χ3n) is 2.17. The van der Waals surface area contributed by atoms with Gasteiger partial charge in [-0.15, -0.1) is 0 Å². The lowest BCUT2D eigenvalue weighted by molar-refractivity contribution is -0.130. The molecule has 1 aromatic carbocycles. The van der Waals surface area contributed by atoms with Crippen molar-refractivity contribution in [3.8, 4) is 0 Å².